The molecule has 1 aliphatic rings. The molecule has 0 saturated heterocycles. The van der Waals surface area contributed by atoms with Crippen LogP contribution < -0.4 is 10.6 Å². The van der Waals surface area contributed by atoms with Crippen molar-refractivity contribution in [2.24, 2.45) is 5.73 Å². The van der Waals surface area contributed by atoms with Gasteiger partial charge in [0, 0.05) is 42.8 Å². The third kappa shape index (κ3) is 2.62. The number of hydrogen-bond donors (Lipinski definition) is 1. The molecule has 1 saturated carbocycles. The zero-order valence-electron chi connectivity index (χ0n) is 14.4. The number of primary amides is 1. The molecule has 1 aliphatic carbocycles. The SMILES string of the molecule is CCc1c(-c2ccc(N(C)C)cc2)c(C(N)=O)c(C)n1C1CC1. The molecular formula is C19H25N3O. The van der Waals surface area contributed by atoms with Crippen molar-refractivity contribution in [3.63, 3.8) is 0 Å². The summed E-state index contributed by atoms with van der Waals surface area (Å²) in [6.45, 7) is 4.17. The van der Waals surface area contributed by atoms with Crippen LogP contribution in [0.1, 0.15) is 47.6 Å². The molecule has 0 radical (unpaired) electrons. The van der Waals surface area contributed by atoms with E-state index in [2.05, 4.69) is 40.7 Å². The van der Waals surface area contributed by atoms with Gasteiger partial charge in [-0.05, 0) is 43.9 Å². The molecule has 1 aromatic carbocycles. The van der Waals surface area contributed by atoms with Gasteiger partial charge in [-0.25, -0.2) is 0 Å². The van der Waals surface area contributed by atoms with E-state index in [0.29, 0.717) is 11.6 Å². The van der Waals surface area contributed by atoms with Crippen LogP contribution in [0.4, 0.5) is 5.69 Å². The number of carbonyl (C=O) groups excluding carboxylic acids is 1. The summed E-state index contributed by atoms with van der Waals surface area (Å²) in [6.07, 6.45) is 3.29. The Labute approximate surface area is 137 Å². The van der Waals surface area contributed by atoms with E-state index in [-0.39, 0.29) is 5.91 Å². The van der Waals surface area contributed by atoms with Gasteiger partial charge >= 0.3 is 0 Å². The molecule has 1 aromatic heterocycles. The number of rotatable bonds is 5. The van der Waals surface area contributed by atoms with Gasteiger partial charge in [-0.2, -0.15) is 0 Å². The Balaban J connectivity index is 2.20. The number of nitrogens with zero attached hydrogens (tertiary/aromatic N) is 2. The Kier molecular flexibility index (Phi) is 3.92. The molecular weight excluding hydrogens is 286 g/mol. The highest BCUT2D eigenvalue weighted by molar-refractivity contribution is 6.02. The standard InChI is InChI=1S/C19H25N3O/c1-5-16-18(13-6-8-14(9-7-13)21(3)4)17(19(20)23)12(2)22(16)15-10-11-15/h6-9,15H,5,10-11H2,1-4H3,(H2,20,23). The predicted octanol–water partition coefficient (Wildman–Crippen LogP) is 3.53. The van der Waals surface area contributed by atoms with Crippen LogP contribution >= 0.6 is 0 Å². The van der Waals surface area contributed by atoms with Gasteiger partial charge in [-0.1, -0.05) is 19.1 Å². The second-order valence-corrected chi connectivity index (χ2v) is 6.54. The Morgan fingerprint density at radius 3 is 2.30 bits per heavy atom. The first kappa shape index (κ1) is 15.7. The lowest BCUT2D eigenvalue weighted by atomic mass is 9.98. The molecule has 0 atom stereocenters. The zero-order chi connectivity index (χ0) is 16.7. The first-order chi connectivity index (χ1) is 11.0. The topological polar surface area (TPSA) is 51.3 Å². The molecule has 3 rings (SSSR count). The van der Waals surface area contributed by atoms with Gasteiger partial charge < -0.3 is 15.2 Å². The number of nitrogens with two attached hydrogens (primary N) is 1. The number of anilines is 1. The summed E-state index contributed by atoms with van der Waals surface area (Å²) < 4.78 is 2.34. The molecule has 1 fully saturated rings. The van der Waals surface area contributed by atoms with Crippen LogP contribution in [0.15, 0.2) is 24.3 Å². The van der Waals surface area contributed by atoms with Gasteiger partial charge in [-0.3, -0.25) is 4.79 Å². The lowest BCUT2D eigenvalue weighted by Gasteiger charge is -2.14. The zero-order valence-corrected chi connectivity index (χ0v) is 14.4. The summed E-state index contributed by atoms with van der Waals surface area (Å²) in [7, 11) is 4.05. The van der Waals surface area contributed by atoms with Gasteiger partial charge in [0.2, 0.25) is 0 Å². The van der Waals surface area contributed by atoms with Crippen LogP contribution in [-0.2, 0) is 6.42 Å². The van der Waals surface area contributed by atoms with Crippen LogP contribution in [0.5, 0.6) is 0 Å². The van der Waals surface area contributed by atoms with Crippen molar-refractivity contribution in [1.82, 2.24) is 4.57 Å². The summed E-state index contributed by atoms with van der Waals surface area (Å²) in [5.74, 6) is -0.330. The third-order valence-corrected chi connectivity index (χ3v) is 4.72. The molecule has 0 bridgehead atoms. The lowest BCUT2D eigenvalue weighted by Crippen LogP contribution is -2.13. The van der Waals surface area contributed by atoms with Crippen molar-refractivity contribution in [1.29, 1.82) is 0 Å². The number of aromatic nitrogens is 1. The fraction of sp³-hybridized carbons (Fsp3) is 0.421. The maximum absolute atomic E-state index is 12.1. The van der Waals surface area contributed by atoms with E-state index in [0.717, 1.165) is 28.9 Å². The quantitative estimate of drug-likeness (QED) is 0.918. The van der Waals surface area contributed by atoms with E-state index in [9.17, 15) is 4.79 Å². The van der Waals surface area contributed by atoms with E-state index in [1.807, 2.05) is 21.0 Å². The highest BCUT2D eigenvalue weighted by atomic mass is 16.1. The minimum absolute atomic E-state index is 0.330. The fourth-order valence-corrected chi connectivity index (χ4v) is 3.48. The Morgan fingerprint density at radius 1 is 1.26 bits per heavy atom. The predicted molar refractivity (Wildman–Crippen MR) is 95.1 cm³/mol. The van der Waals surface area contributed by atoms with Gasteiger partial charge in [0.05, 0.1) is 5.56 Å². The molecule has 4 nitrogen and oxygen atoms in total. The number of carbonyl (C=O) groups is 1. The van der Waals surface area contributed by atoms with Gasteiger partial charge in [0.1, 0.15) is 0 Å². The maximum Gasteiger partial charge on any atom is 0.251 e. The van der Waals surface area contributed by atoms with Crippen molar-refractivity contribution in [2.75, 3.05) is 19.0 Å². The van der Waals surface area contributed by atoms with E-state index in [1.54, 1.807) is 0 Å². The summed E-state index contributed by atoms with van der Waals surface area (Å²) in [5.41, 5.74) is 11.9. The Hall–Kier alpha value is -2.23. The summed E-state index contributed by atoms with van der Waals surface area (Å²) >= 11 is 0. The molecule has 4 heteroatoms. The van der Waals surface area contributed by atoms with Crippen molar-refractivity contribution in [2.45, 2.75) is 39.2 Å². The van der Waals surface area contributed by atoms with Gasteiger partial charge in [-0.15, -0.1) is 0 Å². The van der Waals surface area contributed by atoms with Crippen molar-refractivity contribution in [3.8, 4) is 11.1 Å². The van der Waals surface area contributed by atoms with Gasteiger partial charge in [0.15, 0.2) is 0 Å². The average Bonchev–Trinajstić information content (AvgIpc) is 3.30. The van der Waals surface area contributed by atoms with Gasteiger partial charge in [0.25, 0.3) is 5.91 Å². The molecule has 2 N–H and O–H groups in total. The van der Waals surface area contributed by atoms with Crippen LogP contribution in [0, 0.1) is 6.92 Å². The lowest BCUT2D eigenvalue weighted by molar-refractivity contribution is 0.1000. The fourth-order valence-electron chi connectivity index (χ4n) is 3.48. The highest BCUT2D eigenvalue weighted by Crippen LogP contribution is 2.43. The van der Waals surface area contributed by atoms with Crippen molar-refractivity contribution in [3.05, 3.63) is 41.2 Å². The second kappa shape index (κ2) is 5.76. The summed E-state index contributed by atoms with van der Waals surface area (Å²) in [6, 6.07) is 8.89. The van der Waals surface area contributed by atoms with E-state index < -0.39 is 0 Å². The molecule has 0 spiro atoms. The summed E-state index contributed by atoms with van der Waals surface area (Å²) in [4.78, 5) is 14.2. The molecule has 122 valence electrons. The van der Waals surface area contributed by atoms with E-state index in [4.69, 9.17) is 5.73 Å². The molecule has 2 aromatic rings. The average molecular weight is 311 g/mol. The smallest absolute Gasteiger partial charge is 0.251 e. The number of benzene rings is 1. The molecule has 1 heterocycles. The first-order valence-corrected chi connectivity index (χ1v) is 8.26. The van der Waals surface area contributed by atoms with Crippen molar-refractivity contribution < 1.29 is 4.79 Å². The highest BCUT2D eigenvalue weighted by Gasteiger charge is 2.32. The van der Waals surface area contributed by atoms with Crippen LogP contribution in [-0.4, -0.2) is 24.6 Å². The normalized spacial score (nSPS) is 14.1. The monoisotopic (exact) mass is 311 g/mol. The summed E-state index contributed by atoms with van der Waals surface area (Å²) in [5, 5.41) is 0. The molecule has 23 heavy (non-hydrogen) atoms. The van der Waals surface area contributed by atoms with Crippen molar-refractivity contribution >= 4 is 11.6 Å². The third-order valence-electron chi connectivity index (χ3n) is 4.72. The number of hydrogen-bond acceptors (Lipinski definition) is 2. The Bertz CT molecular complexity index is 737. The number of amides is 1. The Morgan fingerprint density at radius 2 is 1.87 bits per heavy atom. The van der Waals surface area contributed by atoms with Crippen LogP contribution in [0.3, 0.4) is 0 Å². The maximum atomic E-state index is 12.1. The largest absolute Gasteiger partial charge is 0.378 e. The van der Waals surface area contributed by atoms with Crippen LogP contribution in [0.2, 0.25) is 0 Å². The molecule has 1 amide bonds. The molecule has 0 unspecified atom stereocenters. The van der Waals surface area contributed by atoms with Crippen LogP contribution in [0.25, 0.3) is 11.1 Å². The second-order valence-electron chi connectivity index (χ2n) is 6.54. The molecule has 0 aliphatic heterocycles. The van der Waals surface area contributed by atoms with E-state index in [1.165, 1.54) is 18.5 Å². The van der Waals surface area contributed by atoms with E-state index >= 15 is 0 Å². The first-order valence-electron chi connectivity index (χ1n) is 8.26. The minimum Gasteiger partial charge on any atom is -0.378 e. The minimum atomic E-state index is -0.330.